The minimum Gasteiger partial charge on any atom is -0.251 e. The van der Waals surface area contributed by atoms with Crippen LogP contribution in [0.5, 0.6) is 0 Å². The molecule has 0 spiro atoms. The lowest BCUT2D eigenvalue weighted by Crippen LogP contribution is -2.41. The van der Waals surface area contributed by atoms with Crippen molar-refractivity contribution in [3.05, 3.63) is 29.3 Å². The van der Waals surface area contributed by atoms with Crippen LogP contribution in [0.2, 0.25) is 0 Å². The first-order valence-corrected chi connectivity index (χ1v) is 9.31. The van der Waals surface area contributed by atoms with Gasteiger partial charge in [-0.1, -0.05) is 13.0 Å². The summed E-state index contributed by atoms with van der Waals surface area (Å²) in [5.74, 6) is 0.599. The number of nitrogens with one attached hydrogen (secondary N) is 1. The van der Waals surface area contributed by atoms with Crippen molar-refractivity contribution in [3.63, 3.8) is 0 Å². The Morgan fingerprint density at radius 1 is 1.30 bits per heavy atom. The van der Waals surface area contributed by atoms with Gasteiger partial charge < -0.3 is 0 Å². The summed E-state index contributed by atoms with van der Waals surface area (Å²) in [5.41, 5.74) is 1.81. The molecule has 0 saturated carbocycles. The summed E-state index contributed by atoms with van der Waals surface area (Å²) in [6, 6.07) is 5.25. The molecule has 1 aromatic carbocycles. The van der Waals surface area contributed by atoms with Crippen molar-refractivity contribution in [2.75, 3.05) is 13.1 Å². The second-order valence-electron chi connectivity index (χ2n) is 5.74. The lowest BCUT2D eigenvalue weighted by molar-refractivity contribution is 0.429. The van der Waals surface area contributed by atoms with E-state index in [0.717, 1.165) is 17.5 Å². The van der Waals surface area contributed by atoms with Gasteiger partial charge in [-0.15, -0.1) is 0 Å². The number of nitrogens with zero attached hydrogens (tertiary/aromatic N) is 3. The van der Waals surface area contributed by atoms with Gasteiger partial charge in [-0.05, 0) is 50.5 Å². The van der Waals surface area contributed by atoms with Crippen LogP contribution in [0, 0.1) is 19.8 Å². The van der Waals surface area contributed by atoms with Gasteiger partial charge >= 0.3 is 0 Å². The van der Waals surface area contributed by atoms with E-state index in [0.29, 0.717) is 19.0 Å². The van der Waals surface area contributed by atoms with E-state index >= 15 is 0 Å². The number of aryl methyl sites for hydroxylation is 2. The standard InChI is InChI=1S/C16H24N4O2S/c1-5-14-10-18-20(11-14)16(17-6-2)19-23(21,22)15-8-12(3)7-13(4)9-15/h7-10,14H,5-6,11H2,1-4H3,(H,17,19). The van der Waals surface area contributed by atoms with Crippen molar-refractivity contribution in [2.24, 2.45) is 16.0 Å². The summed E-state index contributed by atoms with van der Waals surface area (Å²) in [4.78, 5) is 4.51. The van der Waals surface area contributed by atoms with Gasteiger partial charge in [0.25, 0.3) is 10.0 Å². The third-order valence-electron chi connectivity index (χ3n) is 3.63. The van der Waals surface area contributed by atoms with E-state index in [9.17, 15) is 8.42 Å². The monoisotopic (exact) mass is 336 g/mol. The van der Waals surface area contributed by atoms with Crippen LogP contribution in [0.15, 0.2) is 33.2 Å². The van der Waals surface area contributed by atoms with Crippen molar-refractivity contribution >= 4 is 22.2 Å². The number of benzene rings is 1. The lowest BCUT2D eigenvalue weighted by Gasteiger charge is -2.19. The molecule has 0 saturated heterocycles. The average Bonchev–Trinajstić information content (AvgIpc) is 2.94. The maximum Gasteiger partial charge on any atom is 0.264 e. The number of hydrazone groups is 1. The van der Waals surface area contributed by atoms with E-state index in [1.165, 1.54) is 0 Å². The zero-order valence-electron chi connectivity index (χ0n) is 14.1. The van der Waals surface area contributed by atoms with E-state index < -0.39 is 10.0 Å². The number of sulfonamides is 1. The van der Waals surface area contributed by atoms with E-state index in [4.69, 9.17) is 0 Å². The van der Waals surface area contributed by atoms with Crippen LogP contribution < -0.4 is 4.72 Å². The van der Waals surface area contributed by atoms with Crippen LogP contribution in [0.1, 0.15) is 31.4 Å². The number of aliphatic imine (C=N–C) groups is 1. The van der Waals surface area contributed by atoms with Gasteiger partial charge in [-0.25, -0.2) is 18.1 Å². The summed E-state index contributed by atoms with van der Waals surface area (Å²) in [7, 11) is -3.68. The molecule has 1 aromatic rings. The Kier molecular flexibility index (Phi) is 5.41. The second kappa shape index (κ2) is 7.12. The molecule has 0 aromatic heterocycles. The highest BCUT2D eigenvalue weighted by Crippen LogP contribution is 2.16. The quantitative estimate of drug-likeness (QED) is 0.677. The Morgan fingerprint density at radius 2 is 1.96 bits per heavy atom. The van der Waals surface area contributed by atoms with Gasteiger partial charge in [0.1, 0.15) is 0 Å². The van der Waals surface area contributed by atoms with Crippen molar-refractivity contribution in [1.82, 2.24) is 9.73 Å². The lowest BCUT2D eigenvalue weighted by atomic mass is 10.1. The molecule has 7 heteroatoms. The molecule has 0 fully saturated rings. The van der Waals surface area contributed by atoms with Crippen molar-refractivity contribution in [1.29, 1.82) is 0 Å². The molecule has 1 atom stereocenters. The fourth-order valence-electron chi connectivity index (χ4n) is 2.45. The third-order valence-corrected chi connectivity index (χ3v) is 4.94. The summed E-state index contributed by atoms with van der Waals surface area (Å²) >= 11 is 0. The zero-order chi connectivity index (χ0) is 17.0. The van der Waals surface area contributed by atoms with Gasteiger partial charge in [-0.3, -0.25) is 4.99 Å². The highest BCUT2D eigenvalue weighted by molar-refractivity contribution is 7.90. The maximum absolute atomic E-state index is 12.7. The van der Waals surface area contributed by atoms with Crippen LogP contribution in [0.25, 0.3) is 0 Å². The van der Waals surface area contributed by atoms with E-state index in [-0.39, 0.29) is 10.9 Å². The summed E-state index contributed by atoms with van der Waals surface area (Å²) in [6.45, 7) is 8.82. The van der Waals surface area contributed by atoms with Crippen LogP contribution in [0.3, 0.4) is 0 Å². The fraction of sp³-hybridized carbons (Fsp3) is 0.500. The SMILES string of the molecule is CCN=C(NS(=O)(=O)c1cc(C)cc(C)c1)N1CC(CC)C=N1. The fourth-order valence-corrected chi connectivity index (χ4v) is 3.66. The molecule has 1 N–H and O–H groups in total. The van der Waals surface area contributed by atoms with Crippen molar-refractivity contribution < 1.29 is 8.42 Å². The molecule has 126 valence electrons. The molecule has 1 heterocycles. The Bertz CT molecular complexity index is 705. The molecular weight excluding hydrogens is 312 g/mol. The van der Waals surface area contributed by atoms with Gasteiger partial charge in [0, 0.05) is 18.7 Å². The topological polar surface area (TPSA) is 74.1 Å². The molecule has 2 rings (SSSR count). The number of rotatable bonds is 4. The molecule has 0 bridgehead atoms. The highest BCUT2D eigenvalue weighted by Gasteiger charge is 2.25. The molecule has 0 radical (unpaired) electrons. The predicted molar refractivity (Wildman–Crippen MR) is 93.2 cm³/mol. The third kappa shape index (κ3) is 4.31. The molecule has 23 heavy (non-hydrogen) atoms. The van der Waals surface area contributed by atoms with Crippen LogP contribution >= 0.6 is 0 Å². The highest BCUT2D eigenvalue weighted by atomic mass is 32.2. The maximum atomic E-state index is 12.7. The smallest absolute Gasteiger partial charge is 0.251 e. The normalized spacial score (nSPS) is 18.5. The molecule has 6 nitrogen and oxygen atoms in total. The number of hydrogen-bond acceptors (Lipinski definition) is 4. The summed E-state index contributed by atoms with van der Waals surface area (Å²) in [5, 5.41) is 5.89. The molecule has 1 unspecified atom stereocenters. The van der Waals surface area contributed by atoms with Crippen molar-refractivity contribution in [2.45, 2.75) is 39.0 Å². The Balaban J connectivity index is 2.26. The zero-order valence-corrected chi connectivity index (χ0v) is 14.9. The second-order valence-corrected chi connectivity index (χ2v) is 7.42. The van der Waals surface area contributed by atoms with Gasteiger partial charge in [0.05, 0.1) is 11.4 Å². The van der Waals surface area contributed by atoms with Gasteiger partial charge in [0.2, 0.25) is 5.96 Å². The molecule has 0 amide bonds. The van der Waals surface area contributed by atoms with E-state index in [1.807, 2.05) is 33.1 Å². The predicted octanol–water partition coefficient (Wildman–Crippen LogP) is 2.29. The van der Waals surface area contributed by atoms with Gasteiger partial charge in [0.15, 0.2) is 0 Å². The molecule has 1 aliphatic rings. The largest absolute Gasteiger partial charge is 0.264 e. The van der Waals surface area contributed by atoms with Gasteiger partial charge in [-0.2, -0.15) is 5.10 Å². The summed E-state index contributed by atoms with van der Waals surface area (Å²) < 4.78 is 27.9. The Labute approximate surface area is 138 Å². The number of hydrogen-bond donors (Lipinski definition) is 1. The summed E-state index contributed by atoms with van der Waals surface area (Å²) in [6.07, 6.45) is 2.81. The molecule has 0 aliphatic carbocycles. The number of guanidine groups is 1. The van der Waals surface area contributed by atoms with Crippen molar-refractivity contribution in [3.8, 4) is 0 Å². The van der Waals surface area contributed by atoms with Crippen LogP contribution in [-0.4, -0.2) is 38.7 Å². The first kappa shape index (κ1) is 17.5. The first-order valence-electron chi connectivity index (χ1n) is 7.83. The minimum atomic E-state index is -3.68. The molecular formula is C16H24N4O2S. The molecule has 1 aliphatic heterocycles. The Hall–Kier alpha value is -1.89. The first-order chi connectivity index (χ1) is 10.9. The van der Waals surface area contributed by atoms with Crippen LogP contribution in [-0.2, 0) is 10.0 Å². The Morgan fingerprint density at radius 3 is 2.48 bits per heavy atom. The van der Waals surface area contributed by atoms with E-state index in [1.54, 1.807) is 17.1 Å². The van der Waals surface area contributed by atoms with E-state index in [2.05, 4.69) is 21.7 Å². The van der Waals surface area contributed by atoms with Crippen LogP contribution in [0.4, 0.5) is 0 Å². The average molecular weight is 336 g/mol. The minimum absolute atomic E-state index is 0.244.